The van der Waals surface area contributed by atoms with Gasteiger partial charge in [0, 0.05) is 36.0 Å². The Morgan fingerprint density at radius 3 is 2.79 bits per heavy atom. The van der Waals surface area contributed by atoms with Crippen molar-refractivity contribution in [3.05, 3.63) is 65.6 Å². The van der Waals surface area contributed by atoms with Crippen LogP contribution in [0, 0.1) is 6.92 Å². The summed E-state index contributed by atoms with van der Waals surface area (Å²) in [7, 11) is 0. The number of aromatic nitrogens is 4. The molecule has 0 amide bonds. The summed E-state index contributed by atoms with van der Waals surface area (Å²) in [5.41, 5.74) is 6.46. The van der Waals surface area contributed by atoms with Gasteiger partial charge in [0.05, 0.1) is 11.7 Å². The number of aromatic amines is 1. The maximum Gasteiger partial charge on any atom is 0.140 e. The minimum absolute atomic E-state index is 0.302. The van der Waals surface area contributed by atoms with E-state index in [1.165, 1.54) is 17.5 Å². The van der Waals surface area contributed by atoms with Crippen LogP contribution in [0.4, 0.5) is 0 Å². The zero-order chi connectivity index (χ0) is 22.5. The van der Waals surface area contributed by atoms with Crippen LogP contribution in [0.15, 0.2) is 48.9 Å². The third-order valence-electron chi connectivity index (χ3n) is 7.30. The van der Waals surface area contributed by atoms with Crippen LogP contribution in [0.1, 0.15) is 42.0 Å². The lowest BCUT2D eigenvalue weighted by Gasteiger charge is -2.25. The first-order valence-corrected chi connectivity index (χ1v) is 11.7. The van der Waals surface area contributed by atoms with Crippen molar-refractivity contribution in [3.8, 4) is 17.0 Å². The van der Waals surface area contributed by atoms with E-state index in [0.717, 1.165) is 52.9 Å². The van der Waals surface area contributed by atoms with Crippen LogP contribution in [0.2, 0.25) is 0 Å². The SMILES string of the molecule is Cc1ccnc2c1ccn2[C@@H]1C[C@H](Oc2cc(-c3ccn[nH]3)cc3c2CCCC3)[C@@H](O)[C@H]1O. The van der Waals surface area contributed by atoms with Crippen LogP contribution < -0.4 is 4.74 Å². The Labute approximate surface area is 192 Å². The summed E-state index contributed by atoms with van der Waals surface area (Å²) in [6, 6.07) is 9.91. The van der Waals surface area contributed by atoms with Crippen molar-refractivity contribution in [1.29, 1.82) is 0 Å². The number of aliphatic hydroxyl groups excluding tert-OH is 2. The van der Waals surface area contributed by atoms with E-state index in [1.807, 2.05) is 35.0 Å². The molecule has 0 radical (unpaired) electrons. The second-order valence-electron chi connectivity index (χ2n) is 9.32. The van der Waals surface area contributed by atoms with Crippen LogP contribution in [0.25, 0.3) is 22.3 Å². The molecular formula is C26H28N4O3. The summed E-state index contributed by atoms with van der Waals surface area (Å²) < 4.78 is 8.46. The number of aliphatic hydroxyl groups is 2. The fourth-order valence-electron chi connectivity index (χ4n) is 5.49. The Morgan fingerprint density at radius 2 is 1.94 bits per heavy atom. The van der Waals surface area contributed by atoms with Crippen LogP contribution in [0.3, 0.4) is 0 Å². The zero-order valence-corrected chi connectivity index (χ0v) is 18.6. The van der Waals surface area contributed by atoms with Gasteiger partial charge in [-0.25, -0.2) is 4.98 Å². The molecule has 3 heterocycles. The van der Waals surface area contributed by atoms with Gasteiger partial charge in [-0.3, -0.25) is 5.10 Å². The smallest absolute Gasteiger partial charge is 0.140 e. The minimum Gasteiger partial charge on any atom is -0.487 e. The van der Waals surface area contributed by atoms with Gasteiger partial charge < -0.3 is 19.5 Å². The second kappa shape index (κ2) is 8.01. The number of hydrogen-bond donors (Lipinski definition) is 3. The van der Waals surface area contributed by atoms with E-state index in [1.54, 1.807) is 12.4 Å². The average molecular weight is 445 g/mol. The van der Waals surface area contributed by atoms with Crippen molar-refractivity contribution in [3.63, 3.8) is 0 Å². The molecule has 4 atom stereocenters. The Kier molecular flexibility index (Phi) is 4.96. The molecule has 7 nitrogen and oxygen atoms in total. The topological polar surface area (TPSA) is 96.2 Å². The summed E-state index contributed by atoms with van der Waals surface area (Å²) in [5, 5.41) is 30.1. The molecule has 2 aliphatic carbocycles. The number of nitrogens with one attached hydrogen (secondary N) is 1. The average Bonchev–Trinajstić information content (AvgIpc) is 3.56. The molecule has 3 aromatic heterocycles. The molecule has 0 saturated heterocycles. The summed E-state index contributed by atoms with van der Waals surface area (Å²) in [6.07, 6.45) is 7.85. The number of aryl methyl sites for hydroxylation is 2. The molecule has 170 valence electrons. The predicted octanol–water partition coefficient (Wildman–Crippen LogP) is 3.73. The third-order valence-corrected chi connectivity index (χ3v) is 7.30. The lowest BCUT2D eigenvalue weighted by Crippen LogP contribution is -2.34. The van der Waals surface area contributed by atoms with Crippen LogP contribution in [-0.4, -0.2) is 48.3 Å². The number of ether oxygens (including phenoxy) is 1. The van der Waals surface area contributed by atoms with Crippen LogP contribution in [0.5, 0.6) is 5.75 Å². The summed E-state index contributed by atoms with van der Waals surface area (Å²) in [6.45, 7) is 2.05. The van der Waals surface area contributed by atoms with E-state index in [9.17, 15) is 10.2 Å². The largest absolute Gasteiger partial charge is 0.487 e. The molecule has 3 N–H and O–H groups in total. The molecule has 0 spiro atoms. The van der Waals surface area contributed by atoms with Gasteiger partial charge >= 0.3 is 0 Å². The molecule has 1 saturated carbocycles. The van der Waals surface area contributed by atoms with Gasteiger partial charge in [-0.1, -0.05) is 0 Å². The predicted molar refractivity (Wildman–Crippen MR) is 125 cm³/mol. The van der Waals surface area contributed by atoms with Crippen molar-refractivity contribution < 1.29 is 14.9 Å². The first-order valence-electron chi connectivity index (χ1n) is 11.7. The standard InChI is InChI=1S/C26H28N4O3/c1-15-6-9-27-26-18(15)8-11-30(26)21-14-23(25(32)24(21)31)33-22-13-17(20-7-10-28-29-20)12-16-4-2-3-5-19(16)22/h6-13,21,23-25,31-32H,2-5,14H2,1H3,(H,28,29)/t21-,23+,24+,25-/m1/s1. The fraction of sp³-hybridized carbons (Fsp3) is 0.385. The number of hydrogen-bond acceptors (Lipinski definition) is 5. The van der Waals surface area contributed by atoms with Gasteiger partial charge in [-0.05, 0) is 79.6 Å². The maximum absolute atomic E-state index is 11.0. The van der Waals surface area contributed by atoms with Crippen molar-refractivity contribution in [2.24, 2.45) is 0 Å². The molecule has 0 unspecified atom stereocenters. The molecule has 33 heavy (non-hydrogen) atoms. The highest BCUT2D eigenvalue weighted by Crippen LogP contribution is 2.40. The van der Waals surface area contributed by atoms with E-state index < -0.39 is 18.3 Å². The molecule has 0 bridgehead atoms. The molecule has 0 aliphatic heterocycles. The number of H-pyrrole nitrogens is 1. The Hall–Kier alpha value is -3.16. The van der Waals surface area contributed by atoms with Gasteiger partial charge in [0.15, 0.2) is 0 Å². The molecule has 6 rings (SSSR count). The number of nitrogens with zero attached hydrogens (tertiary/aromatic N) is 3. The first kappa shape index (κ1) is 20.4. The van der Waals surface area contributed by atoms with Crippen molar-refractivity contribution in [2.45, 2.75) is 63.4 Å². The van der Waals surface area contributed by atoms with E-state index in [0.29, 0.717) is 6.42 Å². The lowest BCUT2D eigenvalue weighted by atomic mass is 9.89. The highest BCUT2D eigenvalue weighted by atomic mass is 16.5. The number of pyridine rings is 1. The Morgan fingerprint density at radius 1 is 1.06 bits per heavy atom. The van der Waals surface area contributed by atoms with E-state index in [-0.39, 0.29) is 6.04 Å². The third kappa shape index (κ3) is 3.43. The highest BCUT2D eigenvalue weighted by Gasteiger charge is 2.44. The van der Waals surface area contributed by atoms with Gasteiger partial charge in [-0.15, -0.1) is 0 Å². The minimum atomic E-state index is -0.979. The Balaban J connectivity index is 1.33. The summed E-state index contributed by atoms with van der Waals surface area (Å²) >= 11 is 0. The number of fused-ring (bicyclic) bond motifs is 2. The summed E-state index contributed by atoms with van der Waals surface area (Å²) in [5.74, 6) is 0.806. The quantitative estimate of drug-likeness (QED) is 0.446. The van der Waals surface area contributed by atoms with Crippen molar-refractivity contribution in [1.82, 2.24) is 19.7 Å². The maximum atomic E-state index is 11.0. The van der Waals surface area contributed by atoms with E-state index in [2.05, 4.69) is 28.2 Å². The van der Waals surface area contributed by atoms with Gasteiger partial charge in [0.1, 0.15) is 29.7 Å². The van der Waals surface area contributed by atoms with E-state index >= 15 is 0 Å². The Bertz CT molecular complexity index is 1300. The van der Waals surface area contributed by atoms with E-state index in [4.69, 9.17) is 4.74 Å². The van der Waals surface area contributed by atoms with Crippen LogP contribution >= 0.6 is 0 Å². The van der Waals surface area contributed by atoms with Crippen molar-refractivity contribution >= 4 is 11.0 Å². The second-order valence-corrected chi connectivity index (χ2v) is 9.32. The molecule has 7 heteroatoms. The molecular weight excluding hydrogens is 416 g/mol. The zero-order valence-electron chi connectivity index (χ0n) is 18.6. The number of benzene rings is 1. The van der Waals surface area contributed by atoms with Gasteiger partial charge in [-0.2, -0.15) is 5.10 Å². The van der Waals surface area contributed by atoms with Gasteiger partial charge in [0.2, 0.25) is 0 Å². The number of rotatable bonds is 4. The normalized spacial score (nSPS) is 24.8. The highest BCUT2D eigenvalue weighted by molar-refractivity contribution is 5.79. The molecule has 4 aromatic rings. The van der Waals surface area contributed by atoms with Gasteiger partial charge in [0.25, 0.3) is 0 Å². The van der Waals surface area contributed by atoms with Crippen molar-refractivity contribution in [2.75, 3.05) is 0 Å². The van der Waals surface area contributed by atoms with Crippen LogP contribution in [-0.2, 0) is 12.8 Å². The first-order chi connectivity index (χ1) is 16.1. The molecule has 2 aliphatic rings. The fourth-order valence-corrected chi connectivity index (χ4v) is 5.49. The molecule has 1 aromatic carbocycles. The molecule has 1 fully saturated rings. The monoisotopic (exact) mass is 444 g/mol. The summed E-state index contributed by atoms with van der Waals surface area (Å²) in [4.78, 5) is 4.53. The lowest BCUT2D eigenvalue weighted by molar-refractivity contribution is -0.0166.